The van der Waals surface area contributed by atoms with E-state index in [0.717, 1.165) is 71.6 Å². The van der Waals surface area contributed by atoms with E-state index < -0.39 is 0 Å². The summed E-state index contributed by atoms with van der Waals surface area (Å²) in [6, 6.07) is 0. The van der Waals surface area contributed by atoms with Gasteiger partial charge < -0.3 is 15.8 Å². The Kier molecular flexibility index (Phi) is 9.07. The fraction of sp³-hybridized carbons (Fsp3) is 0.947. The molecule has 1 saturated carbocycles. The number of nitrogens with zero attached hydrogens (tertiary/aromatic N) is 1. The molecule has 140 valence electrons. The van der Waals surface area contributed by atoms with Crippen LogP contribution in [0, 0.1) is 5.41 Å². The summed E-state index contributed by atoms with van der Waals surface area (Å²) in [6.45, 7) is 6.51. The Bertz CT molecular complexity index is 351. The number of carbonyl (C=O) groups is 1. The summed E-state index contributed by atoms with van der Waals surface area (Å²) < 4.78 is 5.47. The lowest BCUT2D eigenvalue weighted by molar-refractivity contribution is -0.122. The average Bonchev–Trinajstić information content (AvgIpc) is 2.62. The van der Waals surface area contributed by atoms with Crippen LogP contribution >= 0.6 is 0 Å². The molecule has 24 heavy (non-hydrogen) atoms. The van der Waals surface area contributed by atoms with Crippen LogP contribution in [0.4, 0.5) is 0 Å². The molecule has 1 amide bonds. The molecule has 0 aromatic rings. The van der Waals surface area contributed by atoms with Gasteiger partial charge in [-0.1, -0.05) is 32.1 Å². The molecule has 1 aliphatic carbocycles. The Morgan fingerprint density at radius 3 is 2.46 bits per heavy atom. The van der Waals surface area contributed by atoms with Gasteiger partial charge >= 0.3 is 0 Å². The fourth-order valence-electron chi connectivity index (χ4n) is 4.08. The minimum Gasteiger partial charge on any atom is -0.379 e. The highest BCUT2D eigenvalue weighted by Gasteiger charge is 2.34. The maximum absolute atomic E-state index is 12.2. The molecular formula is C19H37N3O2. The molecule has 0 spiro atoms. The van der Waals surface area contributed by atoms with E-state index in [2.05, 4.69) is 10.2 Å². The van der Waals surface area contributed by atoms with E-state index in [9.17, 15) is 4.79 Å². The van der Waals surface area contributed by atoms with Gasteiger partial charge in [-0.05, 0) is 32.2 Å². The number of carbonyl (C=O) groups excluding carboxylic acids is 1. The second-order valence-electron chi connectivity index (χ2n) is 7.68. The first-order valence-electron chi connectivity index (χ1n) is 10.0. The Morgan fingerprint density at radius 2 is 1.75 bits per heavy atom. The number of nitrogens with two attached hydrogens (primary N) is 1. The predicted octanol–water partition coefficient (Wildman–Crippen LogP) is 2.29. The largest absolute Gasteiger partial charge is 0.379 e. The Labute approximate surface area is 147 Å². The maximum Gasteiger partial charge on any atom is 0.220 e. The smallest absolute Gasteiger partial charge is 0.220 e. The van der Waals surface area contributed by atoms with Gasteiger partial charge in [0.25, 0.3) is 0 Å². The number of amides is 1. The van der Waals surface area contributed by atoms with Gasteiger partial charge in [-0.3, -0.25) is 9.69 Å². The molecule has 5 heteroatoms. The number of rotatable bonds is 10. The average molecular weight is 340 g/mol. The zero-order chi connectivity index (χ0) is 17.1. The SMILES string of the molecule is NCCCCCCC(=O)NCC1(CN2CCOCC2)CCCCC1. The van der Waals surface area contributed by atoms with Crippen LogP contribution in [-0.2, 0) is 9.53 Å². The first-order valence-corrected chi connectivity index (χ1v) is 10.0. The molecular weight excluding hydrogens is 302 g/mol. The van der Waals surface area contributed by atoms with Crippen LogP contribution in [0.3, 0.4) is 0 Å². The van der Waals surface area contributed by atoms with E-state index >= 15 is 0 Å². The van der Waals surface area contributed by atoms with Crippen LogP contribution in [0.15, 0.2) is 0 Å². The van der Waals surface area contributed by atoms with Crippen molar-refractivity contribution in [3.63, 3.8) is 0 Å². The van der Waals surface area contributed by atoms with Crippen LogP contribution < -0.4 is 11.1 Å². The minimum atomic E-state index is 0.231. The van der Waals surface area contributed by atoms with E-state index in [-0.39, 0.29) is 11.3 Å². The first-order chi connectivity index (χ1) is 11.7. The van der Waals surface area contributed by atoms with Crippen molar-refractivity contribution in [2.45, 2.75) is 64.2 Å². The predicted molar refractivity (Wildman–Crippen MR) is 97.9 cm³/mol. The summed E-state index contributed by atoms with van der Waals surface area (Å²) >= 11 is 0. The number of hydrogen-bond acceptors (Lipinski definition) is 4. The fourth-order valence-corrected chi connectivity index (χ4v) is 4.08. The second-order valence-corrected chi connectivity index (χ2v) is 7.68. The lowest BCUT2D eigenvalue weighted by atomic mass is 9.73. The topological polar surface area (TPSA) is 67.6 Å². The molecule has 0 aromatic heterocycles. The molecule has 2 rings (SSSR count). The Hall–Kier alpha value is -0.650. The zero-order valence-corrected chi connectivity index (χ0v) is 15.4. The van der Waals surface area contributed by atoms with Crippen molar-refractivity contribution in [3.05, 3.63) is 0 Å². The molecule has 0 aromatic carbocycles. The number of unbranched alkanes of at least 4 members (excludes halogenated alkanes) is 3. The summed E-state index contributed by atoms with van der Waals surface area (Å²) in [5, 5.41) is 3.25. The Balaban J connectivity index is 1.72. The highest BCUT2D eigenvalue weighted by molar-refractivity contribution is 5.75. The van der Waals surface area contributed by atoms with Crippen molar-refractivity contribution in [2.75, 3.05) is 45.9 Å². The van der Waals surface area contributed by atoms with Gasteiger partial charge in [-0.15, -0.1) is 0 Å². The molecule has 3 N–H and O–H groups in total. The number of nitrogens with one attached hydrogen (secondary N) is 1. The van der Waals surface area contributed by atoms with Crippen molar-refractivity contribution in [1.29, 1.82) is 0 Å². The third kappa shape index (κ3) is 7.08. The standard InChI is InChI=1S/C19H37N3O2/c20-11-7-2-1-4-8-18(23)21-16-19(9-5-3-6-10-19)17-22-12-14-24-15-13-22/h1-17,20H2,(H,21,23). The third-order valence-corrected chi connectivity index (χ3v) is 5.60. The summed E-state index contributed by atoms with van der Waals surface area (Å²) in [4.78, 5) is 14.7. The summed E-state index contributed by atoms with van der Waals surface area (Å²) in [6.07, 6.45) is 11.4. The lowest BCUT2D eigenvalue weighted by Crippen LogP contribution is -2.49. The molecule has 0 bridgehead atoms. The molecule has 1 heterocycles. The quantitative estimate of drug-likeness (QED) is 0.599. The van der Waals surface area contributed by atoms with E-state index in [0.29, 0.717) is 6.42 Å². The lowest BCUT2D eigenvalue weighted by Gasteiger charge is -2.42. The van der Waals surface area contributed by atoms with Gasteiger partial charge in [0.05, 0.1) is 13.2 Å². The summed E-state index contributed by atoms with van der Waals surface area (Å²) in [7, 11) is 0. The molecule has 1 saturated heterocycles. The summed E-state index contributed by atoms with van der Waals surface area (Å²) in [5.74, 6) is 0.231. The van der Waals surface area contributed by atoms with Crippen molar-refractivity contribution < 1.29 is 9.53 Å². The van der Waals surface area contributed by atoms with Gasteiger partial charge in [-0.25, -0.2) is 0 Å². The molecule has 0 unspecified atom stereocenters. The van der Waals surface area contributed by atoms with Crippen molar-refractivity contribution >= 4 is 5.91 Å². The van der Waals surface area contributed by atoms with Gasteiger partial charge in [0.1, 0.15) is 0 Å². The van der Waals surface area contributed by atoms with Gasteiger partial charge in [-0.2, -0.15) is 0 Å². The van der Waals surface area contributed by atoms with Crippen LogP contribution in [0.5, 0.6) is 0 Å². The van der Waals surface area contributed by atoms with Gasteiger partial charge in [0, 0.05) is 38.0 Å². The van der Waals surface area contributed by atoms with E-state index in [1.807, 2.05) is 0 Å². The van der Waals surface area contributed by atoms with E-state index in [1.165, 1.54) is 32.1 Å². The highest BCUT2D eigenvalue weighted by atomic mass is 16.5. The molecule has 1 aliphatic heterocycles. The molecule has 0 radical (unpaired) electrons. The first kappa shape index (κ1) is 19.7. The van der Waals surface area contributed by atoms with Gasteiger partial charge in [0.15, 0.2) is 0 Å². The van der Waals surface area contributed by atoms with Crippen molar-refractivity contribution in [3.8, 4) is 0 Å². The van der Waals surface area contributed by atoms with Crippen LogP contribution in [0.2, 0.25) is 0 Å². The van der Waals surface area contributed by atoms with Gasteiger partial charge in [0.2, 0.25) is 5.91 Å². The molecule has 0 atom stereocenters. The number of morpholine rings is 1. The number of ether oxygens (including phenoxy) is 1. The van der Waals surface area contributed by atoms with Crippen molar-refractivity contribution in [2.24, 2.45) is 11.1 Å². The minimum absolute atomic E-state index is 0.231. The zero-order valence-electron chi connectivity index (χ0n) is 15.4. The monoisotopic (exact) mass is 339 g/mol. The van der Waals surface area contributed by atoms with Crippen molar-refractivity contribution in [1.82, 2.24) is 10.2 Å². The van der Waals surface area contributed by atoms with Crippen LogP contribution in [-0.4, -0.2) is 56.7 Å². The van der Waals surface area contributed by atoms with E-state index in [4.69, 9.17) is 10.5 Å². The van der Waals surface area contributed by atoms with Crippen LogP contribution in [0.1, 0.15) is 64.2 Å². The summed E-state index contributed by atoms with van der Waals surface area (Å²) in [5.41, 5.74) is 5.78. The highest BCUT2D eigenvalue weighted by Crippen LogP contribution is 2.36. The third-order valence-electron chi connectivity index (χ3n) is 5.60. The molecule has 5 nitrogen and oxygen atoms in total. The maximum atomic E-state index is 12.2. The molecule has 2 fully saturated rings. The van der Waals surface area contributed by atoms with E-state index in [1.54, 1.807) is 0 Å². The Morgan fingerprint density at radius 1 is 1.04 bits per heavy atom. The normalized spacial score (nSPS) is 21.5. The van der Waals surface area contributed by atoms with Crippen LogP contribution in [0.25, 0.3) is 0 Å². The number of hydrogen-bond donors (Lipinski definition) is 2. The molecule has 2 aliphatic rings. The second kappa shape index (κ2) is 11.1.